The van der Waals surface area contributed by atoms with E-state index < -0.39 is 0 Å². The second-order valence-electron chi connectivity index (χ2n) is 5.89. The van der Waals surface area contributed by atoms with Gasteiger partial charge in [0.1, 0.15) is 5.01 Å². The van der Waals surface area contributed by atoms with Gasteiger partial charge in [0.05, 0.1) is 0 Å². The summed E-state index contributed by atoms with van der Waals surface area (Å²) >= 11 is 3.33. The van der Waals surface area contributed by atoms with E-state index >= 15 is 0 Å². The second kappa shape index (κ2) is 6.24. The van der Waals surface area contributed by atoms with E-state index in [1.807, 2.05) is 6.92 Å². The minimum Gasteiger partial charge on any atom is -0.308 e. The van der Waals surface area contributed by atoms with Crippen molar-refractivity contribution >= 4 is 23.1 Å². The van der Waals surface area contributed by atoms with Crippen LogP contribution in [0.15, 0.2) is 27.4 Å². The molecule has 1 aromatic carbocycles. The summed E-state index contributed by atoms with van der Waals surface area (Å²) in [7, 11) is 0. The first-order valence-electron chi connectivity index (χ1n) is 6.66. The Morgan fingerprint density at radius 1 is 1.20 bits per heavy atom. The molecule has 1 aromatic heterocycles. The van der Waals surface area contributed by atoms with Crippen molar-refractivity contribution in [1.29, 1.82) is 0 Å². The van der Waals surface area contributed by atoms with Gasteiger partial charge in [0.25, 0.3) is 0 Å². The topological polar surface area (TPSA) is 37.8 Å². The molecule has 0 saturated heterocycles. The second-order valence-corrected chi connectivity index (χ2v) is 8.36. The molecule has 1 N–H and O–H groups in total. The highest BCUT2D eigenvalue weighted by Crippen LogP contribution is 2.32. The maximum atomic E-state index is 4.16. The van der Waals surface area contributed by atoms with Crippen molar-refractivity contribution in [3.8, 4) is 0 Å². The van der Waals surface area contributed by atoms with Crippen molar-refractivity contribution in [3.63, 3.8) is 0 Å². The van der Waals surface area contributed by atoms with Gasteiger partial charge in [-0.2, -0.15) is 0 Å². The van der Waals surface area contributed by atoms with Crippen molar-refractivity contribution in [2.75, 3.05) is 0 Å². The van der Waals surface area contributed by atoms with Gasteiger partial charge in [0, 0.05) is 17.0 Å². The quantitative estimate of drug-likeness (QED) is 0.919. The minimum absolute atomic E-state index is 0.144. The predicted molar refractivity (Wildman–Crippen MR) is 86.5 cm³/mol. The Morgan fingerprint density at radius 3 is 2.50 bits per heavy atom. The molecule has 0 radical (unpaired) electrons. The van der Waals surface area contributed by atoms with Crippen LogP contribution < -0.4 is 5.32 Å². The SMILES string of the molecule is Cc1nnc(Sc2ccc(CNC(C)(C)C)cc2C)s1. The molecule has 0 amide bonds. The smallest absolute Gasteiger partial charge is 0.179 e. The Kier molecular flexibility index (Phi) is 4.83. The molecule has 0 unspecified atom stereocenters. The van der Waals surface area contributed by atoms with Crippen LogP contribution in [0.1, 0.15) is 36.9 Å². The molecule has 5 heteroatoms. The van der Waals surface area contributed by atoms with E-state index in [4.69, 9.17) is 0 Å². The van der Waals surface area contributed by atoms with Gasteiger partial charge in [-0.1, -0.05) is 35.2 Å². The highest BCUT2D eigenvalue weighted by molar-refractivity contribution is 8.01. The number of aromatic nitrogens is 2. The molecule has 108 valence electrons. The van der Waals surface area contributed by atoms with Gasteiger partial charge in [-0.15, -0.1) is 10.2 Å². The number of nitrogens with one attached hydrogen (secondary N) is 1. The number of rotatable bonds is 4. The van der Waals surface area contributed by atoms with Crippen LogP contribution in [0.2, 0.25) is 0 Å². The number of benzene rings is 1. The maximum absolute atomic E-state index is 4.16. The third-order valence-corrected chi connectivity index (χ3v) is 4.83. The molecule has 1 heterocycles. The van der Waals surface area contributed by atoms with Crippen LogP contribution >= 0.6 is 23.1 Å². The third kappa shape index (κ3) is 4.58. The fraction of sp³-hybridized carbons (Fsp3) is 0.467. The van der Waals surface area contributed by atoms with Gasteiger partial charge >= 0.3 is 0 Å². The standard InChI is InChI=1S/C15H21N3S2/c1-10-8-12(9-16-15(3,4)5)6-7-13(10)20-14-18-17-11(2)19-14/h6-8,16H,9H2,1-5H3. The van der Waals surface area contributed by atoms with Crippen LogP contribution in [-0.4, -0.2) is 15.7 Å². The molecule has 0 spiro atoms. The molecule has 20 heavy (non-hydrogen) atoms. The van der Waals surface area contributed by atoms with Gasteiger partial charge in [-0.3, -0.25) is 0 Å². The van der Waals surface area contributed by atoms with Crippen molar-refractivity contribution in [1.82, 2.24) is 15.5 Å². The molecule has 2 rings (SSSR count). The van der Waals surface area contributed by atoms with Crippen LogP contribution in [0, 0.1) is 13.8 Å². The zero-order valence-electron chi connectivity index (χ0n) is 12.7. The van der Waals surface area contributed by atoms with Gasteiger partial charge in [-0.25, -0.2) is 0 Å². The zero-order valence-corrected chi connectivity index (χ0v) is 14.3. The maximum Gasteiger partial charge on any atom is 0.179 e. The van der Waals surface area contributed by atoms with Crippen molar-refractivity contribution in [2.45, 2.75) is 55.9 Å². The first kappa shape index (κ1) is 15.5. The molecule has 0 aliphatic carbocycles. The van der Waals surface area contributed by atoms with Crippen LogP contribution in [0.5, 0.6) is 0 Å². The molecule has 0 aliphatic heterocycles. The Labute approximate surface area is 129 Å². The van der Waals surface area contributed by atoms with Gasteiger partial charge < -0.3 is 5.32 Å². The Morgan fingerprint density at radius 2 is 1.95 bits per heavy atom. The molecule has 0 bridgehead atoms. The van der Waals surface area contributed by atoms with Gasteiger partial charge in [0.15, 0.2) is 4.34 Å². The van der Waals surface area contributed by atoms with Crippen molar-refractivity contribution in [2.24, 2.45) is 0 Å². The van der Waals surface area contributed by atoms with E-state index in [9.17, 15) is 0 Å². The number of aryl methyl sites for hydroxylation is 2. The van der Waals surface area contributed by atoms with E-state index in [0.717, 1.165) is 15.9 Å². The lowest BCUT2D eigenvalue weighted by Gasteiger charge is -2.20. The van der Waals surface area contributed by atoms with Gasteiger partial charge in [0.2, 0.25) is 0 Å². The molecule has 0 aliphatic rings. The van der Waals surface area contributed by atoms with Crippen molar-refractivity contribution in [3.05, 3.63) is 34.3 Å². The van der Waals surface area contributed by atoms with Crippen molar-refractivity contribution < 1.29 is 0 Å². The Hall–Kier alpha value is -0.910. The highest BCUT2D eigenvalue weighted by Gasteiger charge is 2.10. The number of nitrogens with zero attached hydrogens (tertiary/aromatic N) is 2. The summed E-state index contributed by atoms with van der Waals surface area (Å²) in [5.41, 5.74) is 2.75. The fourth-order valence-electron chi connectivity index (χ4n) is 1.72. The van der Waals surface area contributed by atoms with Crippen LogP contribution in [-0.2, 0) is 6.54 Å². The normalized spacial score (nSPS) is 11.8. The number of hydrogen-bond donors (Lipinski definition) is 1. The average Bonchev–Trinajstić information content (AvgIpc) is 2.74. The first-order chi connectivity index (χ1) is 9.33. The van der Waals surface area contributed by atoms with E-state index in [0.29, 0.717) is 0 Å². The van der Waals surface area contributed by atoms with Crippen LogP contribution in [0.3, 0.4) is 0 Å². The summed E-state index contributed by atoms with van der Waals surface area (Å²) < 4.78 is 1.01. The molecule has 2 aromatic rings. The summed E-state index contributed by atoms with van der Waals surface area (Å²) in [6, 6.07) is 6.60. The van der Waals surface area contributed by atoms with E-state index in [2.05, 4.69) is 61.4 Å². The molecule has 3 nitrogen and oxygen atoms in total. The zero-order chi connectivity index (χ0) is 14.8. The summed E-state index contributed by atoms with van der Waals surface area (Å²) in [4.78, 5) is 1.25. The summed E-state index contributed by atoms with van der Waals surface area (Å²) in [6.07, 6.45) is 0. The molecular formula is C15H21N3S2. The predicted octanol–water partition coefficient (Wildman–Crippen LogP) is 4.19. The largest absolute Gasteiger partial charge is 0.308 e. The lowest BCUT2D eigenvalue weighted by Crippen LogP contribution is -2.35. The van der Waals surface area contributed by atoms with Crippen LogP contribution in [0.25, 0.3) is 0 Å². The number of hydrogen-bond acceptors (Lipinski definition) is 5. The summed E-state index contributed by atoms with van der Waals surface area (Å²) in [6.45, 7) is 11.6. The minimum atomic E-state index is 0.144. The third-order valence-electron chi connectivity index (χ3n) is 2.77. The van der Waals surface area contributed by atoms with E-state index in [1.165, 1.54) is 16.0 Å². The molecular weight excluding hydrogens is 286 g/mol. The average molecular weight is 307 g/mol. The summed E-state index contributed by atoms with van der Waals surface area (Å²) in [5, 5.41) is 12.7. The fourth-order valence-corrected chi connectivity index (χ4v) is 3.56. The molecule has 0 fully saturated rings. The lowest BCUT2D eigenvalue weighted by atomic mass is 10.1. The lowest BCUT2D eigenvalue weighted by molar-refractivity contribution is 0.424. The molecule has 0 saturated carbocycles. The first-order valence-corrected chi connectivity index (χ1v) is 8.29. The Balaban J connectivity index is 2.06. The van der Waals surface area contributed by atoms with Crippen LogP contribution in [0.4, 0.5) is 0 Å². The summed E-state index contributed by atoms with van der Waals surface area (Å²) in [5.74, 6) is 0. The van der Waals surface area contributed by atoms with E-state index in [1.54, 1.807) is 23.1 Å². The molecule has 0 atom stereocenters. The van der Waals surface area contributed by atoms with Gasteiger partial charge in [-0.05, 0) is 51.8 Å². The van der Waals surface area contributed by atoms with E-state index in [-0.39, 0.29) is 5.54 Å². The Bertz CT molecular complexity index is 585. The highest BCUT2D eigenvalue weighted by atomic mass is 32.2. The monoisotopic (exact) mass is 307 g/mol.